The molecule has 1 aromatic carbocycles. The zero-order valence-corrected chi connectivity index (χ0v) is 19.4. The van der Waals surface area contributed by atoms with E-state index in [-0.39, 0.29) is 11.5 Å². The van der Waals surface area contributed by atoms with Crippen LogP contribution in [-0.4, -0.2) is 51.2 Å². The molecule has 5 rings (SSSR count). The van der Waals surface area contributed by atoms with Crippen molar-refractivity contribution in [2.75, 3.05) is 31.1 Å². The predicted octanol–water partition coefficient (Wildman–Crippen LogP) is 3.30. The zero-order valence-electron chi connectivity index (χ0n) is 19.4. The smallest absolute Gasteiger partial charge is 0.291 e. The summed E-state index contributed by atoms with van der Waals surface area (Å²) in [5.74, 6) is 0.858. The highest BCUT2D eigenvalue weighted by atomic mass is 16.3. The summed E-state index contributed by atoms with van der Waals surface area (Å²) >= 11 is 0. The second-order valence-electron chi connectivity index (χ2n) is 8.80. The maximum Gasteiger partial charge on any atom is 0.291 e. The van der Waals surface area contributed by atoms with Crippen LogP contribution >= 0.6 is 0 Å². The van der Waals surface area contributed by atoms with E-state index in [4.69, 9.17) is 4.42 Å². The molecule has 4 aromatic rings. The van der Waals surface area contributed by atoms with E-state index in [1.165, 1.54) is 21.5 Å². The average Bonchev–Trinajstić information content (AvgIpc) is 3.41. The Morgan fingerprint density at radius 1 is 1.06 bits per heavy atom. The van der Waals surface area contributed by atoms with Gasteiger partial charge in [0.2, 0.25) is 5.91 Å². The van der Waals surface area contributed by atoms with Gasteiger partial charge in [-0.05, 0) is 44.4 Å². The van der Waals surface area contributed by atoms with Gasteiger partial charge in [-0.15, -0.1) is 0 Å². The molecule has 0 atom stereocenters. The molecule has 8 nitrogen and oxygen atoms in total. The summed E-state index contributed by atoms with van der Waals surface area (Å²) in [6.45, 7) is 9.68. The number of aryl methyl sites for hydroxylation is 3. The second-order valence-corrected chi connectivity index (χ2v) is 8.80. The average molecular weight is 448 g/mol. The van der Waals surface area contributed by atoms with Crippen LogP contribution in [0.25, 0.3) is 16.6 Å². The lowest BCUT2D eigenvalue weighted by molar-refractivity contribution is -0.131. The van der Waals surface area contributed by atoms with E-state index < -0.39 is 0 Å². The molecule has 0 saturated carbocycles. The molecule has 0 spiro atoms. The molecule has 4 heterocycles. The number of fused-ring (bicyclic) bond motifs is 3. The third kappa shape index (κ3) is 3.79. The van der Waals surface area contributed by atoms with Crippen molar-refractivity contribution in [3.05, 3.63) is 63.9 Å². The van der Waals surface area contributed by atoms with E-state index >= 15 is 0 Å². The molecule has 3 aromatic heterocycles. The van der Waals surface area contributed by atoms with Gasteiger partial charge in [0.1, 0.15) is 11.3 Å². The molecule has 1 saturated heterocycles. The minimum atomic E-state index is -0.165. The molecule has 33 heavy (non-hydrogen) atoms. The maximum absolute atomic E-state index is 12.9. The Balaban J connectivity index is 1.19. The number of piperazine rings is 1. The Hall–Kier alpha value is -3.55. The summed E-state index contributed by atoms with van der Waals surface area (Å²) < 4.78 is 8.72. The molecule has 1 amide bonds. The molecule has 0 aliphatic carbocycles. The third-order valence-electron chi connectivity index (χ3n) is 6.78. The molecule has 172 valence electrons. The molecule has 0 unspecified atom stereocenters. The fourth-order valence-corrected chi connectivity index (χ4v) is 4.79. The number of carbonyl (C=O) groups is 1. The zero-order chi connectivity index (χ0) is 23.1. The van der Waals surface area contributed by atoms with Crippen molar-refractivity contribution in [2.45, 2.75) is 40.2 Å². The van der Waals surface area contributed by atoms with Gasteiger partial charge in [-0.2, -0.15) is 5.10 Å². The first-order chi connectivity index (χ1) is 15.9. The first-order valence-corrected chi connectivity index (χ1v) is 11.5. The number of anilines is 1. The number of furan rings is 1. The number of rotatable bonds is 5. The summed E-state index contributed by atoms with van der Waals surface area (Å²) in [5, 5.41) is 4.46. The van der Waals surface area contributed by atoms with E-state index in [0.29, 0.717) is 30.5 Å². The number of hydrogen-bond acceptors (Lipinski definition) is 5. The Bertz CT molecular complexity index is 1390. The summed E-state index contributed by atoms with van der Waals surface area (Å²) in [6, 6.07) is 9.97. The van der Waals surface area contributed by atoms with Crippen LogP contribution in [0.5, 0.6) is 0 Å². The highest BCUT2D eigenvalue weighted by molar-refractivity contribution is 5.82. The van der Waals surface area contributed by atoms with Crippen molar-refractivity contribution < 1.29 is 9.21 Å². The highest BCUT2D eigenvalue weighted by Crippen LogP contribution is 2.24. The summed E-state index contributed by atoms with van der Waals surface area (Å²) in [5.41, 5.74) is 5.75. The summed E-state index contributed by atoms with van der Waals surface area (Å²) in [7, 11) is 0. The van der Waals surface area contributed by atoms with Gasteiger partial charge in [-0.3, -0.25) is 14.0 Å². The molecule has 8 heteroatoms. The largest absolute Gasteiger partial charge is 0.463 e. The van der Waals surface area contributed by atoms with E-state index in [1.807, 2.05) is 22.3 Å². The van der Waals surface area contributed by atoms with Gasteiger partial charge in [0.25, 0.3) is 5.56 Å². The van der Waals surface area contributed by atoms with Crippen molar-refractivity contribution in [1.29, 1.82) is 0 Å². The van der Waals surface area contributed by atoms with E-state index in [1.54, 1.807) is 12.3 Å². The Morgan fingerprint density at radius 2 is 1.85 bits per heavy atom. The monoisotopic (exact) mass is 447 g/mol. The van der Waals surface area contributed by atoms with Gasteiger partial charge >= 0.3 is 0 Å². The molecule has 1 aliphatic rings. The number of aromatic nitrogens is 3. The van der Waals surface area contributed by atoms with Crippen LogP contribution in [0.1, 0.15) is 29.8 Å². The van der Waals surface area contributed by atoms with Crippen LogP contribution in [-0.2, 0) is 11.3 Å². The molecule has 1 aliphatic heterocycles. The normalized spacial score (nSPS) is 14.5. The van der Waals surface area contributed by atoms with Crippen LogP contribution in [0.4, 0.5) is 5.69 Å². The lowest BCUT2D eigenvalue weighted by Gasteiger charge is -2.37. The fraction of sp³-hybridized carbons (Fsp3) is 0.400. The van der Waals surface area contributed by atoms with Gasteiger partial charge in [-0.25, -0.2) is 4.68 Å². The number of nitrogens with zero attached hydrogens (tertiary/aromatic N) is 5. The second kappa shape index (κ2) is 8.42. The number of carbonyl (C=O) groups excluding carboxylic acids is 1. The number of amides is 1. The summed E-state index contributed by atoms with van der Waals surface area (Å²) in [4.78, 5) is 30.0. The number of hydrogen-bond donors (Lipinski definition) is 0. The van der Waals surface area contributed by atoms with Crippen molar-refractivity contribution in [3.63, 3.8) is 0 Å². The van der Waals surface area contributed by atoms with Gasteiger partial charge in [0.15, 0.2) is 5.58 Å². The molecule has 0 N–H and O–H groups in total. The van der Waals surface area contributed by atoms with E-state index in [2.05, 4.69) is 42.0 Å². The van der Waals surface area contributed by atoms with Crippen molar-refractivity contribution in [3.8, 4) is 0 Å². The number of benzene rings is 1. The van der Waals surface area contributed by atoms with Crippen LogP contribution in [0.15, 0.2) is 45.8 Å². The highest BCUT2D eigenvalue weighted by Gasteiger charge is 2.22. The fourth-order valence-electron chi connectivity index (χ4n) is 4.79. The maximum atomic E-state index is 12.9. The van der Waals surface area contributed by atoms with Crippen molar-refractivity contribution in [1.82, 2.24) is 19.1 Å². The third-order valence-corrected chi connectivity index (χ3v) is 6.78. The van der Waals surface area contributed by atoms with E-state index in [0.717, 1.165) is 37.5 Å². The van der Waals surface area contributed by atoms with Crippen LogP contribution in [0.3, 0.4) is 0 Å². The molecule has 0 bridgehead atoms. The van der Waals surface area contributed by atoms with Crippen molar-refractivity contribution >= 4 is 28.2 Å². The molecular formula is C25H29N5O3. The standard InChI is InChI=1S/C25H29N5O3/c1-17-6-4-7-20(18(17)2)27-11-13-28(14-12-27)24(31)8-5-10-29-25(32)22-16-23-21(9-15-33-23)30(22)19(3)26-29/h4,6-7,9,15-16H,5,8,10-14H2,1-3H3. The minimum absolute atomic E-state index is 0.140. The van der Waals surface area contributed by atoms with E-state index in [9.17, 15) is 9.59 Å². The van der Waals surface area contributed by atoms with Gasteiger partial charge in [0.05, 0.1) is 11.8 Å². The lowest BCUT2D eigenvalue weighted by Crippen LogP contribution is -2.49. The predicted molar refractivity (Wildman–Crippen MR) is 128 cm³/mol. The lowest BCUT2D eigenvalue weighted by atomic mass is 10.1. The van der Waals surface area contributed by atoms with Crippen LogP contribution in [0.2, 0.25) is 0 Å². The van der Waals surface area contributed by atoms with Gasteiger partial charge < -0.3 is 14.2 Å². The Morgan fingerprint density at radius 3 is 2.64 bits per heavy atom. The quantitative estimate of drug-likeness (QED) is 0.469. The Kier molecular flexibility index (Phi) is 5.44. The van der Waals surface area contributed by atoms with Crippen LogP contribution in [0, 0.1) is 20.8 Å². The first-order valence-electron chi connectivity index (χ1n) is 11.5. The topological polar surface area (TPSA) is 76.0 Å². The molecular weight excluding hydrogens is 418 g/mol. The SMILES string of the molecule is Cc1cccc(N2CCN(C(=O)CCCn3nc(C)n4c(cc5occc54)c3=O)CC2)c1C. The minimum Gasteiger partial charge on any atom is -0.463 e. The first kappa shape index (κ1) is 21.3. The molecule has 0 radical (unpaired) electrons. The van der Waals surface area contributed by atoms with Gasteiger partial charge in [-0.1, -0.05) is 12.1 Å². The van der Waals surface area contributed by atoms with Crippen LogP contribution < -0.4 is 10.5 Å². The van der Waals surface area contributed by atoms with Crippen molar-refractivity contribution in [2.24, 2.45) is 0 Å². The molecule has 1 fully saturated rings. The summed E-state index contributed by atoms with van der Waals surface area (Å²) in [6.07, 6.45) is 2.59. The van der Waals surface area contributed by atoms with Gasteiger partial charge in [0, 0.05) is 57.0 Å². The Labute approximate surface area is 192 Å².